The van der Waals surface area contributed by atoms with Crippen molar-refractivity contribution in [2.24, 2.45) is 0 Å². The van der Waals surface area contributed by atoms with Gasteiger partial charge >= 0.3 is 11.9 Å². The Morgan fingerprint density at radius 1 is 0.388 bits per heavy atom. The molecule has 0 radical (unpaired) electrons. The number of carbonyl (C=O) groups is 2. The highest BCUT2D eigenvalue weighted by atomic mass is 31.2. The number of esters is 2. The molecule has 2 unspecified atom stereocenters. The van der Waals surface area contributed by atoms with Gasteiger partial charge in [0.15, 0.2) is 6.10 Å². The quantitative estimate of drug-likeness (QED) is 0.0195. The number of ether oxygens (including phenoxy) is 2. The van der Waals surface area contributed by atoms with E-state index in [2.05, 4.69) is 208 Å². The molecule has 0 rings (SSSR count). The van der Waals surface area contributed by atoms with Gasteiger partial charge in [-0.3, -0.25) is 14.2 Å². The fourth-order valence-electron chi connectivity index (χ4n) is 6.80. The second-order valence-electron chi connectivity index (χ2n) is 19.9. The summed E-state index contributed by atoms with van der Waals surface area (Å²) in [4.78, 5) is 37.8. The topological polar surface area (TPSA) is 111 Å². The first-order valence-corrected chi connectivity index (χ1v) is 31.3. The van der Waals surface area contributed by atoms with Crippen LogP contribution in [0.5, 0.6) is 0 Å². The van der Waals surface area contributed by atoms with Gasteiger partial charge in [-0.25, -0.2) is 0 Å². The first kappa shape index (κ1) is 74.6. The smallest absolute Gasteiger partial charge is 0.306 e. The lowest BCUT2D eigenvalue weighted by atomic mass is 10.1. The molecule has 0 aliphatic heterocycles. The number of nitrogens with zero attached hydrogens (tertiary/aromatic N) is 1. The Hall–Kier alpha value is -5.41. The second-order valence-corrected chi connectivity index (χ2v) is 21.3. The van der Waals surface area contributed by atoms with Crippen molar-refractivity contribution in [2.75, 3.05) is 47.5 Å². The zero-order valence-corrected chi connectivity index (χ0v) is 51.1. The third-order valence-corrected chi connectivity index (χ3v) is 12.3. The highest BCUT2D eigenvalue weighted by molar-refractivity contribution is 7.45. The molecule has 444 valence electrons. The van der Waals surface area contributed by atoms with Crippen LogP contribution in [-0.2, 0) is 32.7 Å². The monoisotopic (exact) mass is 1120 g/mol. The minimum absolute atomic E-state index is 0.0619. The zero-order chi connectivity index (χ0) is 58.4. The van der Waals surface area contributed by atoms with Crippen molar-refractivity contribution in [3.63, 3.8) is 0 Å². The largest absolute Gasteiger partial charge is 0.756 e. The Labute approximate surface area is 487 Å². The van der Waals surface area contributed by atoms with Crippen molar-refractivity contribution in [3.05, 3.63) is 207 Å². The predicted molar refractivity (Wildman–Crippen MR) is 341 cm³/mol. The van der Waals surface area contributed by atoms with Crippen molar-refractivity contribution in [3.8, 4) is 0 Å². The molecular weight excluding hydrogens is 1010 g/mol. The molecule has 10 heteroatoms. The second kappa shape index (κ2) is 58.3. The molecule has 9 nitrogen and oxygen atoms in total. The van der Waals surface area contributed by atoms with Crippen LogP contribution in [0, 0.1) is 0 Å². The summed E-state index contributed by atoms with van der Waals surface area (Å²) in [6.07, 6.45) is 93.3. The molecule has 0 N–H and O–H groups in total. The van der Waals surface area contributed by atoms with Gasteiger partial charge in [0, 0.05) is 12.8 Å². The number of rotatable bonds is 51. The third-order valence-electron chi connectivity index (χ3n) is 11.3. The third kappa shape index (κ3) is 61.8. The van der Waals surface area contributed by atoms with E-state index in [1.807, 2.05) is 33.3 Å². The summed E-state index contributed by atoms with van der Waals surface area (Å²) in [6.45, 7) is 3.83. The first-order valence-electron chi connectivity index (χ1n) is 29.8. The highest BCUT2D eigenvalue weighted by Gasteiger charge is 2.21. The van der Waals surface area contributed by atoms with Crippen molar-refractivity contribution in [2.45, 2.75) is 174 Å². The van der Waals surface area contributed by atoms with E-state index in [9.17, 15) is 19.0 Å². The van der Waals surface area contributed by atoms with Crippen LogP contribution in [0.4, 0.5) is 0 Å². The Balaban J connectivity index is 4.36. The molecule has 0 aromatic carbocycles. The lowest BCUT2D eigenvalue weighted by Crippen LogP contribution is -2.37. The number of hydrogen-bond acceptors (Lipinski definition) is 8. The van der Waals surface area contributed by atoms with Gasteiger partial charge in [-0.1, -0.05) is 227 Å². The maximum atomic E-state index is 12.8. The summed E-state index contributed by atoms with van der Waals surface area (Å²) in [5.41, 5.74) is 0. The van der Waals surface area contributed by atoms with Crippen molar-refractivity contribution in [1.82, 2.24) is 0 Å². The Morgan fingerprint density at radius 3 is 1.02 bits per heavy atom. The molecule has 0 aliphatic rings. The van der Waals surface area contributed by atoms with Crippen LogP contribution in [-0.4, -0.2) is 70.0 Å². The highest BCUT2D eigenvalue weighted by Crippen LogP contribution is 2.38. The zero-order valence-electron chi connectivity index (χ0n) is 50.2. The maximum absolute atomic E-state index is 12.8. The predicted octanol–water partition coefficient (Wildman–Crippen LogP) is 18.5. The molecule has 0 fully saturated rings. The summed E-state index contributed by atoms with van der Waals surface area (Å²) < 4.78 is 34.0. The molecule has 0 spiro atoms. The molecule has 0 saturated carbocycles. The van der Waals surface area contributed by atoms with Gasteiger partial charge in [-0.2, -0.15) is 0 Å². The van der Waals surface area contributed by atoms with Crippen LogP contribution >= 0.6 is 7.82 Å². The van der Waals surface area contributed by atoms with Crippen molar-refractivity contribution < 1.29 is 42.1 Å². The SMILES string of the molecule is CC/C=C\C/C=C\C/C=C\C/C=C\C/C=C\C/C=C\C/C=C\C/C=C\C/C=C\C/C=C\C/C=C\CCCCCC(=O)OC(COC(=O)CC/C=C\C/C=C\C/C=C\C/C=C\C/C=C\C/C=C\CC)COP(=O)([O-])OCC[N+](C)(C)C. The minimum Gasteiger partial charge on any atom is -0.756 e. The Bertz CT molecular complexity index is 2100. The van der Waals surface area contributed by atoms with Gasteiger partial charge in [0.05, 0.1) is 27.7 Å². The van der Waals surface area contributed by atoms with Gasteiger partial charge in [0.2, 0.25) is 0 Å². The fraction of sp³-hybridized carbons (Fsp3) is 0.486. The fourth-order valence-corrected chi connectivity index (χ4v) is 7.53. The van der Waals surface area contributed by atoms with Gasteiger partial charge in [-0.15, -0.1) is 0 Å². The van der Waals surface area contributed by atoms with E-state index in [1.165, 1.54) is 0 Å². The van der Waals surface area contributed by atoms with Crippen LogP contribution in [0.25, 0.3) is 0 Å². The number of unbranched alkanes of at least 4 members (excludes halogenated alkanes) is 3. The van der Waals surface area contributed by atoms with Crippen molar-refractivity contribution in [1.29, 1.82) is 0 Å². The standard InChI is InChI=1S/C70H106NO8P/c1-6-8-10-12-14-16-18-20-22-24-26-27-28-29-30-31-32-33-34-35-36-37-38-39-40-41-42-43-45-47-49-51-53-55-57-59-61-63-70(73)79-68(67-78-80(74,75)77-65-64-71(3,4)5)66-76-69(72)62-60-58-56-54-52-50-48-46-44-25-23-21-19-17-15-13-11-9-7-2/h8-11,14-17,20-23,26-27,29-30,32-33,35-36,38-39,41-42,44-47,50-53,56,58,68H,6-7,12-13,18-19,24-25,28,31,34,37,40,43,48-49,54-55,57,59-67H2,1-5H3/b10-8-,11-9-,16-14-,17-15-,22-20-,23-21-,27-26-,30-29-,33-32-,36-35-,39-38-,42-41-,46-44-,47-45-,52-50-,53-51-,58-56-. The van der Waals surface area contributed by atoms with E-state index in [0.29, 0.717) is 23.9 Å². The summed E-state index contributed by atoms with van der Waals surface area (Å²) >= 11 is 0. The molecular formula is C70H106NO8P. The number of allylic oxidation sites excluding steroid dienone is 34. The molecule has 2 atom stereocenters. The molecule has 0 aromatic rings. The van der Waals surface area contributed by atoms with E-state index in [-0.39, 0.29) is 26.1 Å². The lowest BCUT2D eigenvalue weighted by molar-refractivity contribution is -0.870. The minimum atomic E-state index is -4.68. The van der Waals surface area contributed by atoms with Crippen LogP contribution in [0.3, 0.4) is 0 Å². The number of carbonyl (C=O) groups excluding carboxylic acids is 2. The number of quaternary nitrogens is 1. The summed E-state index contributed by atoms with van der Waals surface area (Å²) in [7, 11) is 1.07. The van der Waals surface area contributed by atoms with Crippen molar-refractivity contribution >= 4 is 19.8 Å². The summed E-state index contributed by atoms with van der Waals surface area (Å²) in [5, 5.41) is 0. The van der Waals surface area contributed by atoms with E-state index in [4.69, 9.17) is 18.5 Å². The molecule has 0 aliphatic carbocycles. The van der Waals surface area contributed by atoms with E-state index in [1.54, 1.807) is 0 Å². The molecule has 0 aromatic heterocycles. The molecule has 0 heterocycles. The van der Waals surface area contributed by atoms with Gasteiger partial charge in [0.25, 0.3) is 7.82 Å². The van der Waals surface area contributed by atoms with E-state index < -0.39 is 32.5 Å². The average molecular weight is 1120 g/mol. The van der Waals surface area contributed by atoms with Gasteiger partial charge in [0.1, 0.15) is 19.8 Å². The normalized spacial score (nSPS) is 14.7. The number of hydrogen-bond donors (Lipinski definition) is 0. The molecule has 0 amide bonds. The van der Waals surface area contributed by atoms with Crippen LogP contribution in [0.15, 0.2) is 207 Å². The summed E-state index contributed by atoms with van der Waals surface area (Å²) in [5.74, 6) is -0.992. The van der Waals surface area contributed by atoms with E-state index >= 15 is 0 Å². The number of likely N-dealkylation sites (N-methyl/N-ethyl adjacent to an activating group) is 1. The number of phosphoric acid groups is 1. The maximum Gasteiger partial charge on any atom is 0.306 e. The first-order chi connectivity index (χ1) is 39.0. The van der Waals surface area contributed by atoms with Crippen LogP contribution in [0.2, 0.25) is 0 Å². The average Bonchev–Trinajstić information content (AvgIpc) is 3.42. The Kier molecular flexibility index (Phi) is 54.3. The lowest BCUT2D eigenvalue weighted by Gasteiger charge is -2.28. The van der Waals surface area contributed by atoms with Crippen LogP contribution in [0.1, 0.15) is 168 Å². The molecule has 80 heavy (non-hydrogen) atoms. The Morgan fingerprint density at radius 2 is 0.700 bits per heavy atom. The van der Waals surface area contributed by atoms with E-state index in [0.717, 1.165) is 128 Å². The van der Waals surface area contributed by atoms with Gasteiger partial charge < -0.3 is 27.9 Å². The van der Waals surface area contributed by atoms with Crippen LogP contribution < -0.4 is 4.89 Å². The molecule has 0 bridgehead atoms. The number of phosphoric ester groups is 1. The molecule has 0 saturated heterocycles. The van der Waals surface area contributed by atoms with Gasteiger partial charge in [-0.05, 0) is 135 Å². The summed E-state index contributed by atoms with van der Waals surface area (Å²) in [6, 6.07) is 0.